The van der Waals surface area contributed by atoms with Crippen molar-refractivity contribution in [2.24, 2.45) is 0 Å². The van der Waals surface area contributed by atoms with E-state index in [1.54, 1.807) is 35.5 Å². The van der Waals surface area contributed by atoms with E-state index < -0.39 is 0 Å². The molecule has 3 aromatic heterocycles. The molecule has 2 unspecified atom stereocenters. The van der Waals surface area contributed by atoms with E-state index in [9.17, 15) is 4.79 Å². The van der Waals surface area contributed by atoms with Crippen LogP contribution in [0.15, 0.2) is 43.0 Å². The second-order valence-corrected chi connectivity index (χ2v) is 7.82. The van der Waals surface area contributed by atoms with Gasteiger partial charge in [-0.05, 0) is 51.8 Å². The molecule has 0 saturated carbocycles. The maximum Gasteiger partial charge on any atom is 0.247 e. The SMILES string of the molecule is Cc1nn(CC(=O)Nc2ccc(-c3cnccn3)cn2)c(C)c1C1=CC(C)OC(C)C1. The topological polar surface area (TPSA) is 94.8 Å². The lowest BCUT2D eigenvalue weighted by Crippen LogP contribution is -2.22. The van der Waals surface area contributed by atoms with E-state index in [-0.39, 0.29) is 24.7 Å². The predicted molar refractivity (Wildman–Crippen MR) is 118 cm³/mol. The molecular formula is C23H26N6O2. The van der Waals surface area contributed by atoms with Crippen molar-refractivity contribution in [2.45, 2.75) is 52.9 Å². The number of hydrogen-bond donors (Lipinski definition) is 1. The maximum absolute atomic E-state index is 12.6. The fourth-order valence-corrected chi connectivity index (χ4v) is 4.00. The van der Waals surface area contributed by atoms with Crippen molar-refractivity contribution in [2.75, 3.05) is 5.32 Å². The Morgan fingerprint density at radius 3 is 2.71 bits per heavy atom. The van der Waals surface area contributed by atoms with E-state index in [1.807, 2.05) is 26.8 Å². The molecule has 8 nitrogen and oxygen atoms in total. The van der Waals surface area contributed by atoms with Gasteiger partial charge < -0.3 is 10.1 Å². The third-order valence-corrected chi connectivity index (χ3v) is 5.28. The van der Waals surface area contributed by atoms with Gasteiger partial charge in [0.05, 0.1) is 29.8 Å². The molecule has 4 heterocycles. The van der Waals surface area contributed by atoms with Gasteiger partial charge >= 0.3 is 0 Å². The van der Waals surface area contributed by atoms with Gasteiger partial charge in [0.2, 0.25) is 5.91 Å². The zero-order valence-corrected chi connectivity index (χ0v) is 18.2. The number of aryl methyl sites for hydroxylation is 1. The van der Waals surface area contributed by atoms with E-state index in [2.05, 4.69) is 38.4 Å². The van der Waals surface area contributed by atoms with Crippen LogP contribution < -0.4 is 5.32 Å². The number of pyridine rings is 1. The van der Waals surface area contributed by atoms with Crippen LogP contribution in [0.3, 0.4) is 0 Å². The minimum atomic E-state index is -0.181. The Kier molecular flexibility index (Phi) is 5.90. The fraction of sp³-hybridized carbons (Fsp3) is 0.348. The smallest absolute Gasteiger partial charge is 0.247 e. The predicted octanol–water partition coefficient (Wildman–Crippen LogP) is 3.57. The molecule has 160 valence electrons. The third-order valence-electron chi connectivity index (χ3n) is 5.28. The van der Waals surface area contributed by atoms with Gasteiger partial charge in [-0.3, -0.25) is 19.4 Å². The summed E-state index contributed by atoms with van der Waals surface area (Å²) in [5.74, 6) is 0.300. The summed E-state index contributed by atoms with van der Waals surface area (Å²) in [4.78, 5) is 25.2. The van der Waals surface area contributed by atoms with Crippen molar-refractivity contribution in [3.63, 3.8) is 0 Å². The van der Waals surface area contributed by atoms with Crippen molar-refractivity contribution < 1.29 is 9.53 Å². The highest BCUT2D eigenvalue weighted by molar-refractivity contribution is 5.89. The Bertz CT molecular complexity index is 1110. The number of nitrogens with one attached hydrogen (secondary N) is 1. The van der Waals surface area contributed by atoms with Crippen LogP contribution in [-0.4, -0.2) is 42.8 Å². The number of rotatable bonds is 5. The number of carbonyl (C=O) groups excluding carboxylic acids is 1. The van der Waals surface area contributed by atoms with Gasteiger partial charge in [0, 0.05) is 35.4 Å². The zero-order chi connectivity index (χ0) is 22.0. The summed E-state index contributed by atoms with van der Waals surface area (Å²) in [6, 6.07) is 3.61. The summed E-state index contributed by atoms with van der Waals surface area (Å²) in [5, 5.41) is 7.45. The van der Waals surface area contributed by atoms with Crippen molar-refractivity contribution in [3.8, 4) is 11.3 Å². The Morgan fingerprint density at radius 1 is 1.19 bits per heavy atom. The first kappa shape index (κ1) is 20.9. The normalized spacial score (nSPS) is 18.5. The van der Waals surface area contributed by atoms with Gasteiger partial charge in [0.15, 0.2) is 0 Å². The number of hydrogen-bond acceptors (Lipinski definition) is 6. The quantitative estimate of drug-likeness (QED) is 0.681. The van der Waals surface area contributed by atoms with E-state index in [0.29, 0.717) is 5.82 Å². The van der Waals surface area contributed by atoms with Crippen LogP contribution in [0.1, 0.15) is 37.2 Å². The van der Waals surface area contributed by atoms with Crippen LogP contribution in [0.5, 0.6) is 0 Å². The molecule has 0 bridgehead atoms. The molecule has 0 saturated heterocycles. The largest absolute Gasteiger partial charge is 0.371 e. The summed E-state index contributed by atoms with van der Waals surface area (Å²) < 4.78 is 7.56. The summed E-state index contributed by atoms with van der Waals surface area (Å²) in [6.07, 6.45) is 9.81. The highest BCUT2D eigenvalue weighted by Gasteiger charge is 2.23. The molecule has 0 aliphatic carbocycles. The highest BCUT2D eigenvalue weighted by Crippen LogP contribution is 2.31. The van der Waals surface area contributed by atoms with Gasteiger partial charge in [-0.25, -0.2) is 4.98 Å². The molecule has 0 radical (unpaired) electrons. The molecule has 1 amide bonds. The Morgan fingerprint density at radius 2 is 2.03 bits per heavy atom. The molecule has 0 fully saturated rings. The molecule has 0 spiro atoms. The zero-order valence-electron chi connectivity index (χ0n) is 18.2. The number of aromatic nitrogens is 5. The van der Waals surface area contributed by atoms with E-state index in [1.165, 1.54) is 5.57 Å². The van der Waals surface area contributed by atoms with E-state index in [0.717, 1.165) is 34.6 Å². The minimum Gasteiger partial charge on any atom is -0.371 e. The summed E-state index contributed by atoms with van der Waals surface area (Å²) in [6.45, 7) is 8.22. The number of anilines is 1. The highest BCUT2D eigenvalue weighted by atomic mass is 16.5. The van der Waals surface area contributed by atoms with Gasteiger partial charge in [-0.15, -0.1) is 0 Å². The summed E-state index contributed by atoms with van der Waals surface area (Å²) in [7, 11) is 0. The molecule has 1 aliphatic rings. The van der Waals surface area contributed by atoms with Gasteiger partial charge in [-0.2, -0.15) is 5.10 Å². The first-order chi connectivity index (χ1) is 14.9. The molecular weight excluding hydrogens is 392 g/mol. The molecule has 8 heteroatoms. The Balaban J connectivity index is 1.46. The Labute approximate surface area is 181 Å². The van der Waals surface area contributed by atoms with E-state index >= 15 is 0 Å². The standard InChI is InChI=1S/C23H26N6O2/c1-14-9-19(10-15(2)31-14)23-16(3)28-29(17(23)4)13-22(30)27-21-6-5-18(11-26-21)20-12-24-7-8-25-20/h5-9,11-12,14-15H,10,13H2,1-4H3,(H,26,27,30). The molecule has 1 aliphatic heterocycles. The van der Waals surface area contributed by atoms with Gasteiger partial charge in [0.1, 0.15) is 12.4 Å². The monoisotopic (exact) mass is 418 g/mol. The number of ether oxygens (including phenoxy) is 1. The molecule has 31 heavy (non-hydrogen) atoms. The lowest BCUT2D eigenvalue weighted by atomic mass is 9.95. The molecule has 3 aromatic rings. The van der Waals surface area contributed by atoms with Crippen LogP contribution >= 0.6 is 0 Å². The summed E-state index contributed by atoms with van der Waals surface area (Å²) >= 11 is 0. The van der Waals surface area contributed by atoms with Crippen LogP contribution in [0.2, 0.25) is 0 Å². The fourth-order valence-electron chi connectivity index (χ4n) is 4.00. The van der Waals surface area contributed by atoms with Gasteiger partial charge in [0.25, 0.3) is 0 Å². The van der Waals surface area contributed by atoms with Crippen molar-refractivity contribution in [1.29, 1.82) is 0 Å². The lowest BCUT2D eigenvalue weighted by molar-refractivity contribution is -0.117. The third kappa shape index (κ3) is 4.69. The van der Waals surface area contributed by atoms with Crippen molar-refractivity contribution in [3.05, 3.63) is 59.9 Å². The van der Waals surface area contributed by atoms with Crippen LogP contribution in [0.4, 0.5) is 5.82 Å². The van der Waals surface area contributed by atoms with Crippen molar-refractivity contribution in [1.82, 2.24) is 24.7 Å². The van der Waals surface area contributed by atoms with Crippen LogP contribution in [0.25, 0.3) is 16.8 Å². The second kappa shape index (κ2) is 8.77. The molecule has 1 N–H and O–H groups in total. The van der Waals surface area contributed by atoms with Crippen LogP contribution in [0, 0.1) is 13.8 Å². The average molecular weight is 419 g/mol. The maximum atomic E-state index is 12.6. The van der Waals surface area contributed by atoms with E-state index in [4.69, 9.17) is 4.74 Å². The number of amides is 1. The molecule has 4 rings (SSSR count). The average Bonchev–Trinajstić information content (AvgIpc) is 3.01. The van der Waals surface area contributed by atoms with Crippen molar-refractivity contribution >= 4 is 17.3 Å². The second-order valence-electron chi connectivity index (χ2n) is 7.82. The molecule has 0 aromatic carbocycles. The number of carbonyl (C=O) groups is 1. The first-order valence-corrected chi connectivity index (χ1v) is 10.3. The summed E-state index contributed by atoms with van der Waals surface area (Å²) in [5.41, 5.74) is 5.81. The molecule has 2 atom stereocenters. The Hall–Kier alpha value is -3.39. The lowest BCUT2D eigenvalue weighted by Gasteiger charge is -2.25. The first-order valence-electron chi connectivity index (χ1n) is 10.3. The van der Waals surface area contributed by atoms with Crippen LogP contribution in [-0.2, 0) is 16.1 Å². The number of nitrogens with zero attached hydrogens (tertiary/aromatic N) is 5. The minimum absolute atomic E-state index is 0.0695. The van der Waals surface area contributed by atoms with Gasteiger partial charge in [-0.1, -0.05) is 6.08 Å².